The molecule has 0 spiro atoms. The number of hydrogen-bond acceptors (Lipinski definition) is 3. The van der Waals surface area contributed by atoms with Gasteiger partial charge in [0.25, 0.3) is 5.91 Å². The third-order valence-corrected chi connectivity index (χ3v) is 4.58. The lowest BCUT2D eigenvalue weighted by Crippen LogP contribution is -2.49. The molecule has 1 heterocycles. The van der Waals surface area contributed by atoms with Crippen LogP contribution in [0.1, 0.15) is 33.1 Å². The number of benzene rings is 1. The Morgan fingerprint density at radius 3 is 2.86 bits per heavy atom. The lowest BCUT2D eigenvalue weighted by Gasteiger charge is -2.36. The van der Waals surface area contributed by atoms with Crippen LogP contribution in [0.25, 0.3) is 0 Å². The summed E-state index contributed by atoms with van der Waals surface area (Å²) in [6.07, 6.45) is 2.21. The van der Waals surface area contributed by atoms with E-state index in [1.54, 1.807) is 12.1 Å². The van der Waals surface area contributed by atoms with Crippen LogP contribution in [0.5, 0.6) is 5.75 Å². The second-order valence-corrected chi connectivity index (χ2v) is 6.40. The first-order chi connectivity index (χ1) is 10.5. The number of likely N-dealkylation sites (tertiary alicyclic amines) is 1. The molecular weight excluding hydrogens is 300 g/mol. The molecule has 0 aromatic heterocycles. The van der Waals surface area contributed by atoms with Gasteiger partial charge in [0.15, 0.2) is 6.10 Å². The highest BCUT2D eigenvalue weighted by Crippen LogP contribution is 2.26. The van der Waals surface area contributed by atoms with Crippen LogP contribution in [-0.4, -0.2) is 36.0 Å². The molecule has 0 aliphatic carbocycles. The second kappa shape index (κ2) is 7.84. The summed E-state index contributed by atoms with van der Waals surface area (Å²) in [5.41, 5.74) is 5.99. The molecule has 1 fully saturated rings. The van der Waals surface area contributed by atoms with Crippen molar-refractivity contribution in [2.45, 2.75) is 45.3 Å². The molecule has 2 N–H and O–H groups in total. The number of nitrogens with two attached hydrogens (primary N) is 1. The van der Waals surface area contributed by atoms with Gasteiger partial charge in [0, 0.05) is 19.1 Å². The molecule has 0 radical (unpaired) electrons. The zero-order valence-corrected chi connectivity index (χ0v) is 14.1. The highest BCUT2D eigenvalue weighted by Gasteiger charge is 2.30. The third-order valence-electron chi connectivity index (χ3n) is 4.27. The van der Waals surface area contributed by atoms with E-state index in [1.165, 1.54) is 0 Å². The second-order valence-electron chi connectivity index (χ2n) is 5.99. The van der Waals surface area contributed by atoms with E-state index in [-0.39, 0.29) is 11.9 Å². The number of amides is 1. The minimum absolute atomic E-state index is 0.0350. The number of ether oxygens (including phenoxy) is 1. The zero-order chi connectivity index (χ0) is 16.1. The molecule has 4 nitrogen and oxygen atoms in total. The Kier molecular flexibility index (Phi) is 6.09. The number of carbonyl (C=O) groups is 1. The number of piperidine rings is 1. The maximum atomic E-state index is 12.7. The summed E-state index contributed by atoms with van der Waals surface area (Å²) in [4.78, 5) is 14.6. The Morgan fingerprint density at radius 1 is 1.50 bits per heavy atom. The molecular formula is C17H25ClN2O2. The quantitative estimate of drug-likeness (QED) is 0.905. The monoisotopic (exact) mass is 324 g/mol. The normalized spacial score (nSPS) is 21.3. The van der Waals surface area contributed by atoms with Crippen LogP contribution in [0, 0.1) is 5.92 Å². The van der Waals surface area contributed by atoms with Crippen molar-refractivity contribution in [2.24, 2.45) is 11.7 Å². The molecule has 3 atom stereocenters. The van der Waals surface area contributed by atoms with E-state index in [0.29, 0.717) is 23.1 Å². The van der Waals surface area contributed by atoms with Gasteiger partial charge in [-0.3, -0.25) is 4.79 Å². The fourth-order valence-electron chi connectivity index (χ4n) is 2.84. The molecule has 1 aromatic rings. The Bertz CT molecular complexity index is 507. The lowest BCUT2D eigenvalue weighted by molar-refractivity contribution is -0.140. The standard InChI is InChI=1S/C17H25ClN2O2/c1-3-15(22-16-9-5-4-8-14(16)18)17(21)20-10-6-7-13(11-20)12(2)19/h4-5,8-9,12-13,15H,3,6-7,10-11,19H2,1-2H3. The molecule has 122 valence electrons. The topological polar surface area (TPSA) is 55.6 Å². The SMILES string of the molecule is CCC(Oc1ccccc1Cl)C(=O)N1CCCC(C(C)N)C1. The van der Waals surface area contributed by atoms with Crippen molar-refractivity contribution in [1.29, 1.82) is 0 Å². The van der Waals surface area contributed by atoms with Crippen LogP contribution in [0.3, 0.4) is 0 Å². The van der Waals surface area contributed by atoms with Crippen LogP contribution in [0.15, 0.2) is 24.3 Å². The van der Waals surface area contributed by atoms with Gasteiger partial charge in [-0.2, -0.15) is 0 Å². The average molecular weight is 325 g/mol. The van der Waals surface area contributed by atoms with Crippen molar-refractivity contribution >= 4 is 17.5 Å². The minimum atomic E-state index is -0.494. The van der Waals surface area contributed by atoms with E-state index in [0.717, 1.165) is 25.9 Å². The zero-order valence-electron chi connectivity index (χ0n) is 13.3. The first-order valence-corrected chi connectivity index (χ1v) is 8.36. The van der Waals surface area contributed by atoms with Gasteiger partial charge in [0.1, 0.15) is 5.75 Å². The van der Waals surface area contributed by atoms with Crippen molar-refractivity contribution in [3.05, 3.63) is 29.3 Å². The molecule has 5 heteroatoms. The van der Waals surface area contributed by atoms with Crippen molar-refractivity contribution in [3.8, 4) is 5.75 Å². The van der Waals surface area contributed by atoms with Gasteiger partial charge in [0.2, 0.25) is 0 Å². The van der Waals surface area contributed by atoms with E-state index < -0.39 is 6.10 Å². The summed E-state index contributed by atoms with van der Waals surface area (Å²) in [5, 5.41) is 0.529. The van der Waals surface area contributed by atoms with Gasteiger partial charge in [-0.15, -0.1) is 0 Å². The van der Waals surface area contributed by atoms with Gasteiger partial charge < -0.3 is 15.4 Å². The summed E-state index contributed by atoms with van der Waals surface area (Å²) < 4.78 is 5.85. The molecule has 3 unspecified atom stereocenters. The third kappa shape index (κ3) is 4.14. The van der Waals surface area contributed by atoms with Gasteiger partial charge in [-0.1, -0.05) is 30.7 Å². The molecule has 2 rings (SSSR count). The fourth-order valence-corrected chi connectivity index (χ4v) is 3.03. The van der Waals surface area contributed by atoms with Gasteiger partial charge in [-0.25, -0.2) is 0 Å². The molecule has 22 heavy (non-hydrogen) atoms. The Labute approximate surface area is 137 Å². The van der Waals surface area contributed by atoms with Crippen LogP contribution in [0.4, 0.5) is 0 Å². The van der Waals surface area contributed by atoms with Crippen molar-refractivity contribution in [1.82, 2.24) is 4.90 Å². The molecule has 0 bridgehead atoms. The maximum Gasteiger partial charge on any atom is 0.263 e. The van der Waals surface area contributed by atoms with Crippen molar-refractivity contribution in [2.75, 3.05) is 13.1 Å². The number of hydrogen-bond donors (Lipinski definition) is 1. The Hall–Kier alpha value is -1.26. The van der Waals surface area contributed by atoms with Crippen LogP contribution in [0.2, 0.25) is 5.02 Å². The van der Waals surface area contributed by atoms with E-state index >= 15 is 0 Å². The van der Waals surface area contributed by atoms with E-state index in [9.17, 15) is 4.79 Å². The number of nitrogens with zero attached hydrogens (tertiary/aromatic N) is 1. The summed E-state index contributed by atoms with van der Waals surface area (Å²) in [7, 11) is 0. The summed E-state index contributed by atoms with van der Waals surface area (Å²) in [5.74, 6) is 0.966. The van der Waals surface area contributed by atoms with Crippen molar-refractivity contribution < 1.29 is 9.53 Å². The van der Waals surface area contributed by atoms with Crippen LogP contribution in [-0.2, 0) is 4.79 Å². The van der Waals surface area contributed by atoms with Gasteiger partial charge in [-0.05, 0) is 44.2 Å². The first kappa shape index (κ1) is 17.1. The number of halogens is 1. The van der Waals surface area contributed by atoms with E-state index in [4.69, 9.17) is 22.1 Å². The van der Waals surface area contributed by atoms with E-state index in [2.05, 4.69) is 0 Å². The highest BCUT2D eigenvalue weighted by molar-refractivity contribution is 6.32. The Balaban J connectivity index is 2.04. The van der Waals surface area contributed by atoms with Gasteiger partial charge >= 0.3 is 0 Å². The molecule has 1 amide bonds. The smallest absolute Gasteiger partial charge is 0.263 e. The largest absolute Gasteiger partial charge is 0.479 e. The number of carbonyl (C=O) groups excluding carboxylic acids is 1. The minimum Gasteiger partial charge on any atom is -0.479 e. The summed E-state index contributed by atoms with van der Waals surface area (Å²) >= 11 is 6.11. The van der Waals surface area contributed by atoms with Crippen molar-refractivity contribution in [3.63, 3.8) is 0 Å². The first-order valence-electron chi connectivity index (χ1n) is 7.98. The molecule has 1 saturated heterocycles. The predicted octanol–water partition coefficient (Wildman–Crippen LogP) is 3.08. The molecule has 1 aromatic carbocycles. The molecule has 1 aliphatic rings. The van der Waals surface area contributed by atoms with E-state index in [1.807, 2.05) is 30.9 Å². The number of rotatable bonds is 5. The maximum absolute atomic E-state index is 12.7. The highest BCUT2D eigenvalue weighted by atomic mass is 35.5. The Morgan fingerprint density at radius 2 is 2.23 bits per heavy atom. The lowest BCUT2D eigenvalue weighted by atomic mass is 9.92. The molecule has 0 saturated carbocycles. The summed E-state index contributed by atoms with van der Waals surface area (Å²) in [6.45, 7) is 5.46. The molecule has 1 aliphatic heterocycles. The fraction of sp³-hybridized carbons (Fsp3) is 0.588. The van der Waals surface area contributed by atoms with Gasteiger partial charge in [0.05, 0.1) is 5.02 Å². The number of para-hydroxylation sites is 1. The van der Waals surface area contributed by atoms with Crippen LogP contribution >= 0.6 is 11.6 Å². The van der Waals surface area contributed by atoms with Crippen LogP contribution < -0.4 is 10.5 Å². The predicted molar refractivity (Wildman–Crippen MR) is 89.1 cm³/mol. The average Bonchev–Trinajstić information content (AvgIpc) is 2.53. The summed E-state index contributed by atoms with van der Waals surface area (Å²) in [6, 6.07) is 7.36.